The molecule has 0 amide bonds. The second-order valence-corrected chi connectivity index (χ2v) is 12.7. The van der Waals surface area contributed by atoms with E-state index in [9.17, 15) is 0 Å². The van der Waals surface area contributed by atoms with E-state index in [1.165, 1.54) is 0 Å². The first-order chi connectivity index (χ1) is 15.0. The molecule has 154 valence electrons. The van der Waals surface area contributed by atoms with Crippen LogP contribution in [0, 0.1) is 0 Å². The van der Waals surface area contributed by atoms with E-state index in [-0.39, 0.29) is 0 Å². The van der Waals surface area contributed by atoms with Crippen LogP contribution in [0.3, 0.4) is 0 Å². The van der Waals surface area contributed by atoms with E-state index < -0.39 is 21.1 Å². The van der Waals surface area contributed by atoms with Crippen LogP contribution in [0.5, 0.6) is 0 Å². The minimum absolute atomic E-state index is 0.400. The van der Waals surface area contributed by atoms with Crippen molar-refractivity contribution in [1.82, 2.24) is 25.1 Å². The second kappa shape index (κ2) is 9.61. The molecule has 2 N–H and O–H groups in total. The Morgan fingerprint density at radius 1 is 1.13 bits per heavy atom. The van der Waals surface area contributed by atoms with E-state index in [0.29, 0.717) is 17.3 Å². The Hall–Kier alpha value is -2.72. The van der Waals surface area contributed by atoms with Gasteiger partial charge in [0.05, 0.1) is 0 Å². The third kappa shape index (κ3) is 4.96. The van der Waals surface area contributed by atoms with Crippen molar-refractivity contribution < 1.29 is 0 Å². The van der Waals surface area contributed by atoms with Crippen molar-refractivity contribution in [3.05, 3.63) is 65.1 Å². The molecule has 4 aromatic heterocycles. The van der Waals surface area contributed by atoms with Gasteiger partial charge in [-0.1, -0.05) is 0 Å². The molecule has 0 aliphatic rings. The molecule has 0 bridgehead atoms. The number of rotatable bonds is 6. The molecule has 2 radical (unpaired) electrons. The number of aromatic nitrogens is 5. The third-order valence-corrected chi connectivity index (χ3v) is 9.52. The van der Waals surface area contributed by atoms with Gasteiger partial charge in [-0.15, -0.1) is 0 Å². The number of aliphatic imine (C=N–C) groups is 1. The first-order valence-electron chi connectivity index (χ1n) is 9.76. The molecule has 0 spiro atoms. The van der Waals surface area contributed by atoms with Gasteiger partial charge in [0.25, 0.3) is 0 Å². The van der Waals surface area contributed by atoms with Crippen molar-refractivity contribution in [3.8, 4) is 0 Å². The Labute approximate surface area is 194 Å². The van der Waals surface area contributed by atoms with Crippen molar-refractivity contribution in [1.29, 1.82) is 0 Å². The number of hydrogen-bond donors (Lipinski definition) is 1. The summed E-state index contributed by atoms with van der Waals surface area (Å²) in [6.45, 7) is 4.27. The zero-order chi connectivity index (χ0) is 21.8. The van der Waals surface area contributed by atoms with E-state index in [1.807, 2.05) is 30.3 Å². The summed E-state index contributed by atoms with van der Waals surface area (Å²) in [6, 6.07) is 11.7. The monoisotopic (exact) mass is 535 g/mol. The number of pyridine rings is 3. The topological polar surface area (TPSA) is 103 Å². The maximum absolute atomic E-state index is 6.43. The molecule has 0 fully saturated rings. The average Bonchev–Trinajstić information content (AvgIpc) is 3.26. The molecule has 9 heteroatoms. The summed E-state index contributed by atoms with van der Waals surface area (Å²) in [4.78, 5) is 18.0. The van der Waals surface area contributed by atoms with Crippen molar-refractivity contribution in [2.45, 2.75) is 19.8 Å². The fraction of sp³-hybridized carbons (Fsp3) is 0.182. The van der Waals surface area contributed by atoms with Gasteiger partial charge >= 0.3 is 195 Å². The number of allylic oxidation sites excluding steroid dienone is 1. The third-order valence-electron chi connectivity index (χ3n) is 4.51. The molecule has 31 heavy (non-hydrogen) atoms. The number of nitrogens with two attached hydrogens (primary N) is 1. The van der Waals surface area contributed by atoms with Crippen LogP contribution >= 0.6 is 11.3 Å². The molecule has 4 aromatic rings. The van der Waals surface area contributed by atoms with E-state index in [0.717, 1.165) is 33.9 Å². The standard InChI is InChI=1S/C17H14N5.C5H7N2S.Sn/c1-19-11-13(17(18)15-5-2-3-7-20-15)12-9-16-14(22-10-12)6-4-8-21-16;1-4(2)5-7-6-3-8-5;/h2-7,9-11H,18H2,1H3;4H,1-2H3;. The average molecular weight is 534 g/mol. The Bertz CT molecular complexity index is 1270. The fourth-order valence-electron chi connectivity index (χ4n) is 2.94. The van der Waals surface area contributed by atoms with E-state index >= 15 is 0 Å². The molecule has 0 aliphatic carbocycles. The quantitative estimate of drug-likeness (QED) is 0.301. The van der Waals surface area contributed by atoms with Crippen LogP contribution in [0.25, 0.3) is 22.3 Å². The molecule has 0 aromatic carbocycles. The van der Waals surface area contributed by atoms with Crippen LogP contribution in [0.1, 0.15) is 36.0 Å². The van der Waals surface area contributed by atoms with Crippen LogP contribution in [0.2, 0.25) is 0 Å². The summed E-state index contributed by atoms with van der Waals surface area (Å²) < 4.78 is 2.22. The number of hydrogen-bond acceptors (Lipinski definition) is 8. The Balaban J connectivity index is 1.71. The summed E-state index contributed by atoms with van der Waals surface area (Å²) >= 11 is 0.585. The maximum atomic E-state index is 6.43. The van der Waals surface area contributed by atoms with Gasteiger partial charge in [-0.25, -0.2) is 0 Å². The normalized spacial score (nSPS) is 12.6. The van der Waals surface area contributed by atoms with Crippen molar-refractivity contribution in [2.75, 3.05) is 7.05 Å². The molecule has 0 atom stereocenters. The van der Waals surface area contributed by atoms with E-state index in [1.54, 1.807) is 37.0 Å². The van der Waals surface area contributed by atoms with Gasteiger partial charge in [-0.05, 0) is 0 Å². The molecule has 0 saturated heterocycles. The Kier molecular flexibility index (Phi) is 6.67. The summed E-state index contributed by atoms with van der Waals surface area (Å²) in [5, 5.41) is 9.77. The molecule has 0 aliphatic heterocycles. The van der Waals surface area contributed by atoms with Gasteiger partial charge in [-0.2, -0.15) is 0 Å². The van der Waals surface area contributed by atoms with Crippen molar-refractivity contribution in [3.63, 3.8) is 0 Å². The van der Waals surface area contributed by atoms with E-state index in [2.05, 4.69) is 45.1 Å². The minimum atomic E-state index is -1.12. The Morgan fingerprint density at radius 2 is 2.00 bits per heavy atom. The number of nitrogens with zero attached hydrogens (tertiary/aromatic N) is 6. The van der Waals surface area contributed by atoms with Crippen LogP contribution in [0.4, 0.5) is 0 Å². The summed E-state index contributed by atoms with van der Waals surface area (Å²) in [5.74, 6) is 0.400. The van der Waals surface area contributed by atoms with Crippen LogP contribution in [-0.2, 0) is 0 Å². The molecule has 0 saturated carbocycles. The zero-order valence-corrected chi connectivity index (χ0v) is 21.1. The molecule has 7 nitrogen and oxygen atoms in total. The van der Waals surface area contributed by atoms with Crippen molar-refractivity contribution in [2.24, 2.45) is 10.7 Å². The van der Waals surface area contributed by atoms with Gasteiger partial charge in [-0.3, -0.25) is 0 Å². The van der Waals surface area contributed by atoms with Gasteiger partial charge in [0.2, 0.25) is 0 Å². The van der Waals surface area contributed by atoms with Gasteiger partial charge in [0.1, 0.15) is 0 Å². The fourth-order valence-corrected chi connectivity index (χ4v) is 7.51. The number of fused-ring (bicyclic) bond motifs is 1. The van der Waals surface area contributed by atoms with Crippen molar-refractivity contribution >= 4 is 67.7 Å². The van der Waals surface area contributed by atoms with Crippen LogP contribution < -0.4 is 12.5 Å². The summed E-state index contributed by atoms with van der Waals surface area (Å²) in [6.07, 6.45) is 5.26. The first-order valence-corrected chi connectivity index (χ1v) is 13.4. The summed E-state index contributed by atoms with van der Waals surface area (Å²) in [5.41, 5.74) is 11.0. The molecular weight excluding hydrogens is 513 g/mol. The Morgan fingerprint density at radius 3 is 2.71 bits per heavy atom. The van der Waals surface area contributed by atoms with E-state index in [4.69, 9.17) is 10.7 Å². The molecular formula is C22H21N7SSn. The van der Waals surface area contributed by atoms with Crippen LogP contribution in [-0.4, -0.2) is 59.6 Å². The van der Waals surface area contributed by atoms with Gasteiger partial charge in [0.15, 0.2) is 0 Å². The molecule has 0 unspecified atom stereocenters. The van der Waals surface area contributed by atoms with Crippen LogP contribution in [0.15, 0.2) is 53.8 Å². The summed E-state index contributed by atoms with van der Waals surface area (Å²) in [7, 11) is 1.72. The molecule has 4 heterocycles. The molecule has 4 rings (SSSR count). The second-order valence-electron chi connectivity index (χ2n) is 7.11. The first kappa shape index (κ1) is 21.5. The predicted molar refractivity (Wildman–Crippen MR) is 128 cm³/mol. The van der Waals surface area contributed by atoms with Gasteiger partial charge in [0, 0.05) is 0 Å². The predicted octanol–water partition coefficient (Wildman–Crippen LogP) is 2.18. The van der Waals surface area contributed by atoms with Gasteiger partial charge < -0.3 is 0 Å². The SMILES string of the molecule is CN=CC(=C(N)c1ccccn1)c1cnc2cc[c]([Sn][c]3nnc(C(C)C)s3)nc2c1. The zero-order valence-electron chi connectivity index (χ0n) is 17.4.